The van der Waals surface area contributed by atoms with Gasteiger partial charge in [0.05, 0.1) is 18.8 Å². The molecule has 2 heterocycles. The summed E-state index contributed by atoms with van der Waals surface area (Å²) in [6, 6.07) is 13.0. The summed E-state index contributed by atoms with van der Waals surface area (Å²) in [7, 11) is 0. The molecular formula is C25H28BrN5O4. The molecule has 184 valence electrons. The molecule has 4 rings (SSSR count). The fourth-order valence-corrected chi connectivity index (χ4v) is 4.06. The first kappa shape index (κ1) is 24.7. The van der Waals surface area contributed by atoms with Crippen LogP contribution in [0.15, 0.2) is 58.2 Å². The summed E-state index contributed by atoms with van der Waals surface area (Å²) in [5.41, 5.74) is 2.91. The predicted molar refractivity (Wildman–Crippen MR) is 134 cm³/mol. The monoisotopic (exact) mass is 541 g/mol. The number of ether oxygens (including phenoxy) is 3. The Morgan fingerprint density at radius 2 is 1.91 bits per heavy atom. The maximum Gasteiger partial charge on any atom is 0.338 e. The van der Waals surface area contributed by atoms with Gasteiger partial charge in [0.2, 0.25) is 5.95 Å². The zero-order chi connectivity index (χ0) is 24.8. The van der Waals surface area contributed by atoms with Crippen molar-refractivity contribution in [3.05, 3.63) is 69.3 Å². The fourth-order valence-electron chi connectivity index (χ4n) is 3.80. The van der Waals surface area contributed by atoms with E-state index in [0.717, 1.165) is 28.4 Å². The van der Waals surface area contributed by atoms with Crippen LogP contribution in [-0.2, 0) is 16.1 Å². The second kappa shape index (κ2) is 11.4. The van der Waals surface area contributed by atoms with E-state index in [1.165, 1.54) is 0 Å². The van der Waals surface area contributed by atoms with Gasteiger partial charge in [0.1, 0.15) is 12.6 Å². The summed E-state index contributed by atoms with van der Waals surface area (Å²) >= 11 is 3.45. The molecule has 0 fully saturated rings. The van der Waals surface area contributed by atoms with Gasteiger partial charge in [-0.15, -0.1) is 0 Å². The van der Waals surface area contributed by atoms with E-state index >= 15 is 0 Å². The minimum atomic E-state index is -0.574. The van der Waals surface area contributed by atoms with E-state index in [0.29, 0.717) is 48.5 Å². The molecule has 1 aliphatic rings. The first-order chi connectivity index (χ1) is 17.0. The SMILES string of the molecule is CCCCOC(=O)C1=C(C)Nc2nnnn2C1c1ccc(OCc2ccc(Br)cc2)c(OCC)c1. The Labute approximate surface area is 212 Å². The highest BCUT2D eigenvalue weighted by Crippen LogP contribution is 2.39. The average Bonchev–Trinajstić information content (AvgIpc) is 3.31. The molecule has 0 aliphatic carbocycles. The largest absolute Gasteiger partial charge is 0.490 e. The number of hydrogen-bond acceptors (Lipinski definition) is 8. The number of benzene rings is 2. The van der Waals surface area contributed by atoms with Crippen molar-refractivity contribution >= 4 is 27.8 Å². The van der Waals surface area contributed by atoms with Crippen LogP contribution in [0.5, 0.6) is 11.5 Å². The van der Waals surface area contributed by atoms with Crippen molar-refractivity contribution in [2.45, 2.75) is 46.3 Å². The summed E-state index contributed by atoms with van der Waals surface area (Å²) in [5, 5.41) is 15.1. The number of carbonyl (C=O) groups is 1. The number of aromatic nitrogens is 4. The number of hydrogen-bond donors (Lipinski definition) is 1. The zero-order valence-corrected chi connectivity index (χ0v) is 21.5. The third-order valence-electron chi connectivity index (χ3n) is 5.56. The number of tetrazole rings is 1. The van der Waals surface area contributed by atoms with Crippen LogP contribution in [0, 0.1) is 0 Å². The fraction of sp³-hybridized carbons (Fsp3) is 0.360. The quantitative estimate of drug-likeness (QED) is 0.281. The maximum absolute atomic E-state index is 13.1. The van der Waals surface area contributed by atoms with E-state index < -0.39 is 12.0 Å². The van der Waals surface area contributed by atoms with Gasteiger partial charge in [-0.3, -0.25) is 0 Å². The third-order valence-corrected chi connectivity index (χ3v) is 6.08. The van der Waals surface area contributed by atoms with Crippen LogP contribution >= 0.6 is 15.9 Å². The van der Waals surface area contributed by atoms with Crippen LogP contribution in [0.25, 0.3) is 0 Å². The van der Waals surface area contributed by atoms with Gasteiger partial charge in [-0.25, -0.2) is 4.79 Å². The molecule has 35 heavy (non-hydrogen) atoms. The van der Waals surface area contributed by atoms with Crippen molar-refractivity contribution in [1.29, 1.82) is 0 Å². The van der Waals surface area contributed by atoms with Crippen LogP contribution < -0.4 is 14.8 Å². The molecule has 0 bridgehead atoms. The second-order valence-electron chi connectivity index (χ2n) is 8.06. The van der Waals surface area contributed by atoms with Crippen LogP contribution in [0.4, 0.5) is 5.95 Å². The molecule has 0 spiro atoms. The van der Waals surface area contributed by atoms with Gasteiger partial charge < -0.3 is 19.5 Å². The van der Waals surface area contributed by atoms with Gasteiger partial charge in [0.15, 0.2) is 11.5 Å². The van der Waals surface area contributed by atoms with Gasteiger partial charge in [-0.05, 0) is 66.1 Å². The van der Waals surface area contributed by atoms with E-state index in [4.69, 9.17) is 14.2 Å². The molecular weight excluding hydrogens is 514 g/mol. The van der Waals surface area contributed by atoms with E-state index in [1.807, 2.05) is 63.2 Å². The van der Waals surface area contributed by atoms with E-state index in [9.17, 15) is 4.79 Å². The summed E-state index contributed by atoms with van der Waals surface area (Å²) in [6.07, 6.45) is 1.73. The van der Waals surface area contributed by atoms with Crippen LogP contribution in [0.3, 0.4) is 0 Å². The number of rotatable bonds is 10. The molecule has 1 aromatic heterocycles. The lowest BCUT2D eigenvalue weighted by Crippen LogP contribution is -2.30. The third kappa shape index (κ3) is 5.64. The Kier molecular flexibility index (Phi) is 8.02. The number of anilines is 1. The lowest BCUT2D eigenvalue weighted by molar-refractivity contribution is -0.139. The molecule has 0 radical (unpaired) electrons. The molecule has 9 nitrogen and oxygen atoms in total. The number of halogens is 1. The number of nitrogens with one attached hydrogen (secondary N) is 1. The highest BCUT2D eigenvalue weighted by atomic mass is 79.9. The number of fused-ring (bicyclic) bond motifs is 1. The number of allylic oxidation sites excluding steroid dienone is 1. The number of nitrogens with zero attached hydrogens (tertiary/aromatic N) is 4. The van der Waals surface area contributed by atoms with Gasteiger partial charge in [-0.2, -0.15) is 4.68 Å². The van der Waals surface area contributed by atoms with Crippen molar-refractivity contribution < 1.29 is 19.0 Å². The number of carbonyl (C=O) groups excluding carboxylic acids is 1. The first-order valence-electron chi connectivity index (χ1n) is 11.6. The highest BCUT2D eigenvalue weighted by molar-refractivity contribution is 9.10. The average molecular weight is 542 g/mol. The van der Waals surface area contributed by atoms with Gasteiger partial charge in [0.25, 0.3) is 0 Å². The van der Waals surface area contributed by atoms with E-state index in [1.54, 1.807) is 4.68 Å². The lowest BCUT2D eigenvalue weighted by Gasteiger charge is -2.28. The standard InChI is InChI=1S/C25H28BrN5O4/c1-4-6-13-34-24(32)22-16(3)27-25-28-29-30-31(25)23(22)18-9-12-20(21(14-18)33-5-2)35-15-17-7-10-19(26)11-8-17/h7-12,14,23H,4-6,13,15H2,1-3H3,(H,27,28,30). The molecule has 0 saturated carbocycles. The second-order valence-corrected chi connectivity index (χ2v) is 8.97. The Hall–Kier alpha value is -3.40. The molecule has 1 atom stereocenters. The molecule has 1 N–H and O–H groups in total. The van der Waals surface area contributed by atoms with Crippen LogP contribution in [-0.4, -0.2) is 39.4 Å². The number of esters is 1. The van der Waals surface area contributed by atoms with Crippen molar-refractivity contribution in [1.82, 2.24) is 20.2 Å². The minimum Gasteiger partial charge on any atom is -0.490 e. The Morgan fingerprint density at radius 3 is 2.66 bits per heavy atom. The van der Waals surface area contributed by atoms with Crippen molar-refractivity contribution in [3.8, 4) is 11.5 Å². The zero-order valence-electron chi connectivity index (χ0n) is 20.0. The summed E-state index contributed by atoms with van der Waals surface area (Å²) in [6.45, 7) is 6.99. The highest BCUT2D eigenvalue weighted by Gasteiger charge is 2.35. The maximum atomic E-state index is 13.1. The van der Waals surface area contributed by atoms with Crippen LogP contribution in [0.1, 0.15) is 50.8 Å². The Balaban J connectivity index is 1.66. The summed E-state index contributed by atoms with van der Waals surface area (Å²) in [4.78, 5) is 13.1. The molecule has 0 saturated heterocycles. The van der Waals surface area contributed by atoms with Crippen molar-refractivity contribution in [2.24, 2.45) is 0 Å². The van der Waals surface area contributed by atoms with E-state index in [2.05, 4.69) is 36.8 Å². The predicted octanol–water partition coefficient (Wildman–Crippen LogP) is 5.05. The van der Waals surface area contributed by atoms with E-state index in [-0.39, 0.29) is 0 Å². The summed E-state index contributed by atoms with van der Waals surface area (Å²) in [5.74, 6) is 1.23. The minimum absolute atomic E-state index is 0.355. The topological polar surface area (TPSA) is 100 Å². The number of unbranched alkanes of at least 4 members (excludes halogenated alkanes) is 1. The molecule has 0 amide bonds. The molecule has 3 aromatic rings. The van der Waals surface area contributed by atoms with Crippen molar-refractivity contribution in [3.63, 3.8) is 0 Å². The molecule has 2 aromatic carbocycles. The van der Waals surface area contributed by atoms with Crippen molar-refractivity contribution in [2.75, 3.05) is 18.5 Å². The Bertz CT molecular complexity index is 1210. The van der Waals surface area contributed by atoms with Gasteiger partial charge >= 0.3 is 5.97 Å². The van der Waals surface area contributed by atoms with Gasteiger partial charge in [-0.1, -0.05) is 52.6 Å². The summed E-state index contributed by atoms with van der Waals surface area (Å²) < 4.78 is 20.1. The molecule has 1 aliphatic heterocycles. The smallest absolute Gasteiger partial charge is 0.338 e. The Morgan fingerprint density at radius 1 is 1.11 bits per heavy atom. The van der Waals surface area contributed by atoms with Gasteiger partial charge in [0, 0.05) is 10.2 Å². The normalized spacial score (nSPS) is 14.8. The lowest BCUT2D eigenvalue weighted by atomic mass is 9.95. The first-order valence-corrected chi connectivity index (χ1v) is 12.4. The molecule has 10 heteroatoms. The van der Waals surface area contributed by atoms with Crippen LogP contribution in [0.2, 0.25) is 0 Å². The molecule has 1 unspecified atom stereocenters.